The highest BCUT2D eigenvalue weighted by molar-refractivity contribution is 5.94. The number of carbonyl (C=O) groups is 1. The Labute approximate surface area is 188 Å². The Morgan fingerprint density at radius 3 is 2.38 bits per heavy atom. The van der Waals surface area contributed by atoms with Gasteiger partial charge in [0.05, 0.1) is 24.5 Å². The van der Waals surface area contributed by atoms with Crippen LogP contribution in [-0.2, 0) is 11.8 Å². The lowest BCUT2D eigenvalue weighted by Crippen LogP contribution is -2.42. The number of benzene rings is 2. The van der Waals surface area contributed by atoms with Crippen molar-refractivity contribution in [3.8, 4) is 17.2 Å². The zero-order chi connectivity index (χ0) is 23.3. The van der Waals surface area contributed by atoms with Gasteiger partial charge in [0.1, 0.15) is 12.3 Å². The van der Waals surface area contributed by atoms with Gasteiger partial charge < -0.3 is 14.8 Å². The number of nitrogens with zero attached hydrogens (tertiary/aromatic N) is 3. The predicted molar refractivity (Wildman–Crippen MR) is 125 cm³/mol. The topological polar surface area (TPSA) is 77.7 Å². The maximum atomic E-state index is 13.0. The van der Waals surface area contributed by atoms with Gasteiger partial charge in [-0.15, -0.1) is 0 Å². The number of ether oxygens (including phenoxy) is 2. The molecule has 32 heavy (non-hydrogen) atoms. The summed E-state index contributed by atoms with van der Waals surface area (Å²) in [6, 6.07) is 16.3. The monoisotopic (exact) mass is 438 g/mol. The Bertz CT molecular complexity index is 1120. The van der Waals surface area contributed by atoms with Gasteiger partial charge in [0.15, 0.2) is 11.5 Å². The second kappa shape index (κ2) is 10.2. The van der Waals surface area contributed by atoms with Crippen LogP contribution in [-0.4, -0.2) is 53.5 Å². The molecule has 1 atom stereocenters. The molecule has 0 aliphatic rings. The molecule has 1 amide bonds. The minimum absolute atomic E-state index is 0.254. The van der Waals surface area contributed by atoms with Crippen LogP contribution >= 0.6 is 0 Å². The molecule has 2 aromatic carbocycles. The van der Waals surface area contributed by atoms with Crippen molar-refractivity contribution in [3.05, 3.63) is 70.6 Å². The molecular formula is C24H30N4O4. The molecule has 1 heterocycles. The lowest BCUT2D eigenvalue weighted by atomic mass is 10.2. The second-order valence-electron chi connectivity index (χ2n) is 7.58. The van der Waals surface area contributed by atoms with Gasteiger partial charge in [-0.2, -0.15) is 0 Å². The highest BCUT2D eigenvalue weighted by Gasteiger charge is 2.23. The summed E-state index contributed by atoms with van der Waals surface area (Å²) in [6.07, 6.45) is 0. The number of rotatable bonds is 9. The van der Waals surface area contributed by atoms with Crippen LogP contribution in [0.15, 0.2) is 59.4 Å². The molecule has 0 bridgehead atoms. The van der Waals surface area contributed by atoms with Gasteiger partial charge in [0, 0.05) is 13.6 Å². The van der Waals surface area contributed by atoms with Crippen LogP contribution in [0, 0.1) is 6.92 Å². The maximum Gasteiger partial charge on any atom is 0.295 e. The molecule has 0 spiro atoms. The van der Waals surface area contributed by atoms with E-state index in [4.69, 9.17) is 9.47 Å². The van der Waals surface area contributed by atoms with E-state index in [9.17, 15) is 9.59 Å². The van der Waals surface area contributed by atoms with Crippen LogP contribution in [0.3, 0.4) is 0 Å². The number of para-hydroxylation sites is 3. The minimum Gasteiger partial charge on any atom is -0.493 e. The van der Waals surface area contributed by atoms with Crippen molar-refractivity contribution in [1.82, 2.24) is 14.3 Å². The van der Waals surface area contributed by atoms with E-state index in [2.05, 4.69) is 5.32 Å². The van der Waals surface area contributed by atoms with Crippen LogP contribution in [0.2, 0.25) is 0 Å². The summed E-state index contributed by atoms with van der Waals surface area (Å²) in [6.45, 7) is 4.52. The summed E-state index contributed by atoms with van der Waals surface area (Å²) in [7, 11) is 5.23. The average Bonchev–Trinajstić information content (AvgIpc) is 3.02. The Morgan fingerprint density at radius 1 is 1.09 bits per heavy atom. The number of hydrogen-bond donors (Lipinski definition) is 1. The second-order valence-corrected chi connectivity index (χ2v) is 7.58. The van der Waals surface area contributed by atoms with Crippen molar-refractivity contribution in [3.63, 3.8) is 0 Å². The molecule has 0 fully saturated rings. The van der Waals surface area contributed by atoms with Gasteiger partial charge >= 0.3 is 0 Å². The highest BCUT2D eigenvalue weighted by Crippen LogP contribution is 2.25. The smallest absolute Gasteiger partial charge is 0.295 e. The maximum absolute atomic E-state index is 13.0. The summed E-state index contributed by atoms with van der Waals surface area (Å²) in [5.74, 6) is 1.06. The number of anilines is 1. The van der Waals surface area contributed by atoms with Gasteiger partial charge in [-0.3, -0.25) is 19.2 Å². The first-order valence-corrected chi connectivity index (χ1v) is 10.5. The molecule has 3 rings (SSSR count). The first kappa shape index (κ1) is 23.1. The van der Waals surface area contributed by atoms with E-state index in [1.165, 1.54) is 0 Å². The number of methoxy groups -OCH3 is 1. The van der Waals surface area contributed by atoms with Crippen LogP contribution in [0.5, 0.6) is 11.5 Å². The normalized spacial score (nSPS) is 11.9. The molecule has 0 saturated heterocycles. The standard InChI is InChI=1S/C24H30N4O4/c1-17-22(24(30)28(27(17)4)19-11-7-6-8-12-19)25-23(29)18(2)26(3)15-16-32-21-14-10-9-13-20(21)31-5/h6-14,18H,15-16H2,1-5H3,(H,25,29). The van der Waals surface area contributed by atoms with Crippen molar-refractivity contribution in [2.75, 3.05) is 32.6 Å². The molecule has 0 radical (unpaired) electrons. The third-order valence-corrected chi connectivity index (χ3v) is 5.61. The van der Waals surface area contributed by atoms with Crippen molar-refractivity contribution in [2.24, 2.45) is 7.05 Å². The van der Waals surface area contributed by atoms with Crippen molar-refractivity contribution >= 4 is 11.6 Å². The van der Waals surface area contributed by atoms with Gasteiger partial charge in [-0.25, -0.2) is 4.68 Å². The van der Waals surface area contributed by atoms with Crippen LogP contribution < -0.4 is 20.3 Å². The quantitative estimate of drug-likeness (QED) is 0.556. The predicted octanol–water partition coefficient (Wildman–Crippen LogP) is 2.83. The molecule has 8 heteroatoms. The number of nitrogens with one attached hydrogen (secondary N) is 1. The van der Waals surface area contributed by atoms with E-state index in [1.807, 2.05) is 73.5 Å². The number of hydrogen-bond acceptors (Lipinski definition) is 5. The molecule has 0 aliphatic carbocycles. The van der Waals surface area contributed by atoms with E-state index < -0.39 is 6.04 Å². The molecule has 1 aromatic heterocycles. The molecule has 3 aromatic rings. The van der Waals surface area contributed by atoms with Crippen LogP contribution in [0.4, 0.5) is 5.69 Å². The largest absolute Gasteiger partial charge is 0.493 e. The molecule has 8 nitrogen and oxygen atoms in total. The van der Waals surface area contributed by atoms with Crippen molar-refractivity contribution < 1.29 is 14.3 Å². The van der Waals surface area contributed by atoms with Crippen LogP contribution in [0.1, 0.15) is 12.6 Å². The molecule has 170 valence electrons. The lowest BCUT2D eigenvalue weighted by Gasteiger charge is -2.23. The average molecular weight is 439 g/mol. The van der Waals surface area contributed by atoms with E-state index in [1.54, 1.807) is 30.4 Å². The summed E-state index contributed by atoms with van der Waals surface area (Å²) in [5, 5.41) is 2.82. The Hall–Kier alpha value is -3.52. The Kier molecular flexibility index (Phi) is 7.37. The van der Waals surface area contributed by atoms with Crippen LogP contribution in [0.25, 0.3) is 5.69 Å². The van der Waals surface area contributed by atoms with E-state index in [0.29, 0.717) is 30.3 Å². The van der Waals surface area contributed by atoms with Gasteiger partial charge in [0.25, 0.3) is 5.56 Å². The van der Waals surface area contributed by atoms with E-state index in [0.717, 1.165) is 5.69 Å². The summed E-state index contributed by atoms with van der Waals surface area (Å²) in [5.41, 5.74) is 1.44. The summed E-state index contributed by atoms with van der Waals surface area (Å²) < 4.78 is 14.4. The molecular weight excluding hydrogens is 408 g/mol. The summed E-state index contributed by atoms with van der Waals surface area (Å²) >= 11 is 0. The number of amides is 1. The lowest BCUT2D eigenvalue weighted by molar-refractivity contribution is -0.120. The van der Waals surface area contributed by atoms with Gasteiger partial charge in [-0.05, 0) is 45.2 Å². The SMILES string of the molecule is COc1ccccc1OCCN(C)C(C)C(=O)Nc1c(C)n(C)n(-c2ccccc2)c1=O. The third-order valence-electron chi connectivity index (χ3n) is 5.61. The van der Waals surface area contributed by atoms with Gasteiger partial charge in [-0.1, -0.05) is 30.3 Å². The first-order valence-electron chi connectivity index (χ1n) is 10.5. The number of likely N-dealkylation sites (N-methyl/N-ethyl adjacent to an activating group) is 1. The zero-order valence-electron chi connectivity index (χ0n) is 19.2. The highest BCUT2D eigenvalue weighted by atomic mass is 16.5. The zero-order valence-corrected chi connectivity index (χ0v) is 19.2. The van der Waals surface area contributed by atoms with E-state index in [-0.39, 0.29) is 17.2 Å². The molecule has 0 saturated carbocycles. The molecule has 1 N–H and O–H groups in total. The summed E-state index contributed by atoms with van der Waals surface area (Å²) in [4.78, 5) is 27.8. The molecule has 1 unspecified atom stereocenters. The van der Waals surface area contributed by atoms with Crippen molar-refractivity contribution in [1.29, 1.82) is 0 Å². The third kappa shape index (κ3) is 4.86. The molecule has 0 aliphatic heterocycles. The first-order chi connectivity index (χ1) is 15.3. The number of aromatic nitrogens is 2. The Morgan fingerprint density at radius 2 is 1.72 bits per heavy atom. The minimum atomic E-state index is -0.458. The van der Waals surface area contributed by atoms with Gasteiger partial charge in [0.2, 0.25) is 5.91 Å². The van der Waals surface area contributed by atoms with E-state index >= 15 is 0 Å². The fourth-order valence-corrected chi connectivity index (χ4v) is 3.37. The fraction of sp³-hybridized carbons (Fsp3) is 0.333. The Balaban J connectivity index is 1.65. The number of carbonyl (C=O) groups excluding carboxylic acids is 1. The van der Waals surface area contributed by atoms with Crippen molar-refractivity contribution in [2.45, 2.75) is 19.9 Å². The fourth-order valence-electron chi connectivity index (χ4n) is 3.37.